The first-order chi connectivity index (χ1) is 16.4. The first-order valence-electron chi connectivity index (χ1n) is 11.2. The zero-order valence-electron chi connectivity index (χ0n) is 19.4. The van der Waals surface area contributed by atoms with Crippen molar-refractivity contribution in [3.8, 4) is 5.75 Å². The average Bonchev–Trinajstić information content (AvgIpc) is 2.87. The standard InChI is InChI=1S/C25H30ClN3O5/c1-33-15-12-27-24(31)22(28-23(30)19-4-3-5-21(16-19)34-2)17-10-13-29(14-11-17)25(32)18-6-8-20(26)9-7-18/h3-9,16-17,22H,10-15H2,1-2H3,(H,27,31)(H,28,30)/t22-/m1/s1. The van der Waals surface area contributed by atoms with Crippen LogP contribution in [0.25, 0.3) is 0 Å². The van der Waals surface area contributed by atoms with Crippen molar-refractivity contribution < 1.29 is 23.9 Å². The van der Waals surface area contributed by atoms with Crippen LogP contribution >= 0.6 is 11.6 Å². The first kappa shape index (κ1) is 25.5. The number of nitrogens with one attached hydrogen (secondary N) is 2. The van der Waals surface area contributed by atoms with Crippen LogP contribution in [0.15, 0.2) is 48.5 Å². The molecular formula is C25H30ClN3O5. The van der Waals surface area contributed by atoms with Crippen molar-refractivity contribution in [1.82, 2.24) is 15.5 Å². The molecule has 0 aromatic heterocycles. The topological polar surface area (TPSA) is 97.0 Å². The van der Waals surface area contributed by atoms with Gasteiger partial charge in [0.15, 0.2) is 0 Å². The lowest BCUT2D eigenvalue weighted by atomic mass is 9.88. The third-order valence-electron chi connectivity index (χ3n) is 5.90. The van der Waals surface area contributed by atoms with Crippen LogP contribution in [0.3, 0.4) is 0 Å². The number of carbonyl (C=O) groups excluding carboxylic acids is 3. The van der Waals surface area contributed by atoms with Gasteiger partial charge in [0.05, 0.1) is 13.7 Å². The minimum absolute atomic E-state index is 0.0726. The van der Waals surface area contributed by atoms with Crippen LogP contribution in [0.4, 0.5) is 0 Å². The highest BCUT2D eigenvalue weighted by atomic mass is 35.5. The van der Waals surface area contributed by atoms with Crippen LogP contribution in [0, 0.1) is 5.92 Å². The molecule has 1 atom stereocenters. The number of carbonyl (C=O) groups is 3. The van der Waals surface area contributed by atoms with Crippen molar-refractivity contribution in [2.24, 2.45) is 5.92 Å². The Kier molecular flexibility index (Phi) is 9.30. The molecule has 1 fully saturated rings. The maximum atomic E-state index is 13.0. The van der Waals surface area contributed by atoms with Gasteiger partial charge >= 0.3 is 0 Å². The zero-order chi connectivity index (χ0) is 24.5. The van der Waals surface area contributed by atoms with Crippen LogP contribution < -0.4 is 15.4 Å². The van der Waals surface area contributed by atoms with Crippen LogP contribution in [0.2, 0.25) is 5.02 Å². The molecule has 1 heterocycles. The maximum absolute atomic E-state index is 13.0. The predicted octanol–water partition coefficient (Wildman–Crippen LogP) is 2.76. The van der Waals surface area contributed by atoms with Crippen LogP contribution in [-0.4, -0.2) is 69.1 Å². The molecule has 0 bridgehead atoms. The molecule has 2 aromatic rings. The minimum atomic E-state index is -0.733. The summed E-state index contributed by atoms with van der Waals surface area (Å²) in [6.45, 7) is 1.69. The highest BCUT2D eigenvalue weighted by molar-refractivity contribution is 6.30. The summed E-state index contributed by atoms with van der Waals surface area (Å²) in [6.07, 6.45) is 1.17. The number of nitrogens with zero attached hydrogens (tertiary/aromatic N) is 1. The SMILES string of the molecule is COCCNC(=O)[C@H](NC(=O)c1cccc(OC)c1)C1CCN(C(=O)c2ccc(Cl)cc2)CC1. The van der Waals surface area contributed by atoms with E-state index >= 15 is 0 Å². The van der Waals surface area contributed by atoms with E-state index in [0.29, 0.717) is 61.0 Å². The highest BCUT2D eigenvalue weighted by Gasteiger charge is 2.34. The molecule has 182 valence electrons. The Bertz CT molecular complexity index is 990. The largest absolute Gasteiger partial charge is 0.497 e. The second-order valence-electron chi connectivity index (χ2n) is 8.10. The summed E-state index contributed by atoms with van der Waals surface area (Å²) in [5, 5.41) is 6.30. The Morgan fingerprint density at radius 2 is 1.76 bits per heavy atom. The van der Waals surface area contributed by atoms with Crippen LogP contribution in [0.1, 0.15) is 33.6 Å². The molecule has 0 unspecified atom stereocenters. The predicted molar refractivity (Wildman–Crippen MR) is 129 cm³/mol. The van der Waals surface area contributed by atoms with Gasteiger partial charge in [-0.05, 0) is 61.2 Å². The summed E-state index contributed by atoms with van der Waals surface area (Å²) in [7, 11) is 3.09. The van der Waals surface area contributed by atoms with Gasteiger partial charge in [-0.1, -0.05) is 17.7 Å². The number of likely N-dealkylation sites (tertiary alicyclic amines) is 1. The summed E-state index contributed by atoms with van der Waals surface area (Å²) in [6, 6.07) is 12.8. The van der Waals surface area contributed by atoms with Gasteiger partial charge in [-0.15, -0.1) is 0 Å². The van der Waals surface area contributed by atoms with Crippen molar-refractivity contribution in [1.29, 1.82) is 0 Å². The van der Waals surface area contributed by atoms with Crippen molar-refractivity contribution in [3.63, 3.8) is 0 Å². The number of methoxy groups -OCH3 is 2. The molecule has 0 aliphatic carbocycles. The number of amides is 3. The molecule has 9 heteroatoms. The van der Waals surface area contributed by atoms with Crippen LogP contribution in [-0.2, 0) is 9.53 Å². The Balaban J connectivity index is 1.68. The van der Waals surface area contributed by atoms with E-state index in [1.54, 1.807) is 60.5 Å². The molecule has 8 nitrogen and oxygen atoms in total. The van der Waals surface area contributed by atoms with Crippen molar-refractivity contribution >= 4 is 29.3 Å². The average molecular weight is 488 g/mol. The highest BCUT2D eigenvalue weighted by Crippen LogP contribution is 2.24. The van der Waals surface area contributed by atoms with Gasteiger partial charge in [-0.25, -0.2) is 0 Å². The quantitative estimate of drug-likeness (QED) is 0.530. The molecular weight excluding hydrogens is 458 g/mol. The van der Waals surface area contributed by atoms with E-state index in [9.17, 15) is 14.4 Å². The summed E-state index contributed by atoms with van der Waals surface area (Å²) in [4.78, 5) is 40.5. The van der Waals surface area contributed by atoms with Gasteiger partial charge < -0.3 is 25.0 Å². The Labute approximate surface area is 204 Å². The molecule has 0 spiro atoms. The molecule has 0 radical (unpaired) electrons. The maximum Gasteiger partial charge on any atom is 0.253 e. The molecule has 3 rings (SSSR count). The number of hydrogen-bond acceptors (Lipinski definition) is 5. The fourth-order valence-corrected chi connectivity index (χ4v) is 4.11. The minimum Gasteiger partial charge on any atom is -0.497 e. The molecule has 0 saturated carbocycles. The van der Waals surface area contributed by atoms with Crippen LogP contribution in [0.5, 0.6) is 5.75 Å². The van der Waals surface area contributed by atoms with E-state index < -0.39 is 6.04 Å². The molecule has 2 N–H and O–H groups in total. The summed E-state index contributed by atoms with van der Waals surface area (Å²) in [5.74, 6) is -0.257. The molecule has 34 heavy (non-hydrogen) atoms. The lowest BCUT2D eigenvalue weighted by Gasteiger charge is -2.36. The third-order valence-corrected chi connectivity index (χ3v) is 6.15. The fourth-order valence-electron chi connectivity index (χ4n) is 3.98. The number of hydrogen-bond donors (Lipinski definition) is 2. The Morgan fingerprint density at radius 3 is 2.41 bits per heavy atom. The van der Waals surface area contributed by atoms with Gasteiger partial charge in [0.2, 0.25) is 5.91 Å². The fraction of sp³-hybridized carbons (Fsp3) is 0.400. The number of rotatable bonds is 9. The first-order valence-corrected chi connectivity index (χ1v) is 11.6. The number of halogens is 1. The number of ether oxygens (including phenoxy) is 2. The third kappa shape index (κ3) is 6.71. The van der Waals surface area contributed by atoms with E-state index in [2.05, 4.69) is 10.6 Å². The molecule has 2 aromatic carbocycles. The second kappa shape index (κ2) is 12.4. The van der Waals surface area contributed by atoms with Crippen molar-refractivity contribution in [2.45, 2.75) is 18.9 Å². The molecule has 1 aliphatic rings. The smallest absolute Gasteiger partial charge is 0.253 e. The lowest BCUT2D eigenvalue weighted by molar-refractivity contribution is -0.124. The summed E-state index contributed by atoms with van der Waals surface area (Å²) < 4.78 is 10.2. The van der Waals surface area contributed by atoms with E-state index in [1.165, 1.54) is 7.11 Å². The van der Waals surface area contributed by atoms with E-state index in [0.717, 1.165) is 0 Å². The van der Waals surface area contributed by atoms with Gasteiger partial charge in [0.25, 0.3) is 11.8 Å². The monoisotopic (exact) mass is 487 g/mol. The lowest BCUT2D eigenvalue weighted by Crippen LogP contribution is -2.54. The van der Waals surface area contributed by atoms with E-state index in [-0.39, 0.29) is 23.6 Å². The van der Waals surface area contributed by atoms with E-state index in [1.807, 2.05) is 0 Å². The van der Waals surface area contributed by atoms with Crippen molar-refractivity contribution in [3.05, 3.63) is 64.7 Å². The second-order valence-corrected chi connectivity index (χ2v) is 8.54. The van der Waals surface area contributed by atoms with Gasteiger partial charge in [0.1, 0.15) is 11.8 Å². The summed E-state index contributed by atoms with van der Waals surface area (Å²) >= 11 is 5.92. The van der Waals surface area contributed by atoms with Crippen molar-refractivity contribution in [2.75, 3.05) is 40.5 Å². The summed E-state index contributed by atoms with van der Waals surface area (Å²) in [5.41, 5.74) is 0.979. The van der Waals surface area contributed by atoms with E-state index in [4.69, 9.17) is 21.1 Å². The molecule has 3 amide bonds. The normalized spacial score (nSPS) is 14.9. The number of benzene rings is 2. The number of piperidine rings is 1. The molecule has 1 aliphatic heterocycles. The molecule has 1 saturated heterocycles. The van der Waals surface area contributed by atoms with Gasteiger partial charge in [-0.3, -0.25) is 14.4 Å². The Morgan fingerprint density at radius 1 is 1.06 bits per heavy atom. The van der Waals surface area contributed by atoms with Gasteiger partial charge in [0, 0.05) is 42.9 Å². The zero-order valence-corrected chi connectivity index (χ0v) is 20.1. The Hall–Kier alpha value is -3.10. The van der Waals surface area contributed by atoms with Gasteiger partial charge in [-0.2, -0.15) is 0 Å².